The molecule has 33 heavy (non-hydrogen) atoms. The molecule has 2 aliphatic heterocycles. The second kappa shape index (κ2) is 11.0. The molecule has 2 heterocycles. The van der Waals surface area contributed by atoms with E-state index in [-0.39, 0.29) is 24.0 Å². The fourth-order valence-electron chi connectivity index (χ4n) is 5.38. The number of rotatable bonds is 9. The van der Waals surface area contributed by atoms with Crippen LogP contribution in [-0.4, -0.2) is 97.6 Å². The molecule has 0 N–H and O–H groups in total. The van der Waals surface area contributed by atoms with E-state index in [4.69, 9.17) is 14.2 Å². The fourth-order valence-corrected chi connectivity index (χ4v) is 5.38. The summed E-state index contributed by atoms with van der Waals surface area (Å²) in [7, 11) is 4.17. The lowest BCUT2D eigenvalue weighted by molar-refractivity contribution is -0.294. The lowest BCUT2D eigenvalue weighted by Crippen LogP contribution is -2.74. The Hall–Kier alpha value is -1.22. The average molecular weight is 468 g/mol. The van der Waals surface area contributed by atoms with Crippen molar-refractivity contribution in [2.24, 2.45) is 11.8 Å². The van der Waals surface area contributed by atoms with E-state index < -0.39 is 11.4 Å². The van der Waals surface area contributed by atoms with Crippen LogP contribution in [0.3, 0.4) is 0 Å². The molecule has 0 aromatic rings. The molecule has 0 aromatic carbocycles. The summed E-state index contributed by atoms with van der Waals surface area (Å²) in [6.45, 7) is 12.3. The van der Waals surface area contributed by atoms with Crippen LogP contribution in [0.2, 0.25) is 0 Å². The highest BCUT2D eigenvalue weighted by Gasteiger charge is 2.58. The summed E-state index contributed by atoms with van der Waals surface area (Å²) in [6.07, 6.45) is 4.98. The molecule has 3 aliphatic rings. The van der Waals surface area contributed by atoms with Gasteiger partial charge >= 0.3 is 11.9 Å². The Morgan fingerprint density at radius 3 is 2.09 bits per heavy atom. The largest absolute Gasteiger partial charge is 0.466 e. The van der Waals surface area contributed by atoms with Gasteiger partial charge < -0.3 is 19.1 Å². The maximum Gasteiger partial charge on any atom is 0.371 e. The number of hydrogen-bond acceptors (Lipinski definition) is 8. The SMILES string of the molecule is CCOC(=O)[C@H]1CC[C@H](OC(C(=O)OC(C)(C)C)(N2CCCC2)N2CC(CN(C)C)C2)CC1. The normalized spacial score (nSPS) is 27.2. The summed E-state index contributed by atoms with van der Waals surface area (Å²) in [5.41, 5.74) is -0.596. The number of esters is 2. The number of nitrogens with zero attached hydrogens (tertiary/aromatic N) is 3. The third kappa shape index (κ3) is 6.47. The summed E-state index contributed by atoms with van der Waals surface area (Å²) < 4.78 is 18.0. The van der Waals surface area contributed by atoms with Crippen molar-refractivity contribution in [1.82, 2.24) is 14.7 Å². The molecular formula is C25H45N3O5. The second-order valence-electron chi connectivity index (χ2n) is 11.2. The van der Waals surface area contributed by atoms with Gasteiger partial charge in [-0.05, 0) is 86.2 Å². The van der Waals surface area contributed by atoms with E-state index in [2.05, 4.69) is 28.8 Å². The van der Waals surface area contributed by atoms with Crippen LogP contribution in [0.5, 0.6) is 0 Å². The van der Waals surface area contributed by atoms with Crippen molar-refractivity contribution in [1.29, 1.82) is 0 Å². The van der Waals surface area contributed by atoms with Crippen LogP contribution in [0.1, 0.15) is 66.2 Å². The zero-order valence-electron chi connectivity index (χ0n) is 21.6. The molecule has 1 aliphatic carbocycles. The molecule has 3 rings (SSSR count). The molecule has 2 saturated heterocycles. The van der Waals surface area contributed by atoms with Crippen molar-refractivity contribution in [2.45, 2.75) is 83.8 Å². The van der Waals surface area contributed by atoms with E-state index in [1.807, 2.05) is 27.7 Å². The Morgan fingerprint density at radius 2 is 1.58 bits per heavy atom. The van der Waals surface area contributed by atoms with Crippen LogP contribution in [0.4, 0.5) is 0 Å². The van der Waals surface area contributed by atoms with Crippen molar-refractivity contribution in [3.63, 3.8) is 0 Å². The molecule has 3 fully saturated rings. The molecule has 190 valence electrons. The first-order valence-electron chi connectivity index (χ1n) is 12.8. The molecule has 1 atom stereocenters. The van der Waals surface area contributed by atoms with Crippen molar-refractivity contribution in [3.05, 3.63) is 0 Å². The first-order valence-corrected chi connectivity index (χ1v) is 12.8. The lowest BCUT2D eigenvalue weighted by Gasteiger charge is -2.55. The zero-order valence-corrected chi connectivity index (χ0v) is 21.6. The Bertz CT molecular complexity index is 659. The Kier molecular flexibility index (Phi) is 8.81. The summed E-state index contributed by atoms with van der Waals surface area (Å²) >= 11 is 0. The maximum atomic E-state index is 13.8. The third-order valence-electron chi connectivity index (χ3n) is 6.83. The smallest absolute Gasteiger partial charge is 0.371 e. The first kappa shape index (κ1) is 26.4. The number of ether oxygens (including phenoxy) is 3. The molecule has 0 amide bonds. The maximum absolute atomic E-state index is 13.8. The van der Waals surface area contributed by atoms with Gasteiger partial charge in [0.25, 0.3) is 5.85 Å². The monoisotopic (exact) mass is 467 g/mol. The van der Waals surface area contributed by atoms with Crippen LogP contribution in [0.25, 0.3) is 0 Å². The fraction of sp³-hybridized carbons (Fsp3) is 0.920. The molecular weight excluding hydrogens is 422 g/mol. The number of carbonyl (C=O) groups is 2. The summed E-state index contributed by atoms with van der Waals surface area (Å²) in [5, 5.41) is 0. The summed E-state index contributed by atoms with van der Waals surface area (Å²) in [4.78, 5) is 32.6. The van der Waals surface area contributed by atoms with Gasteiger partial charge in [-0.15, -0.1) is 0 Å². The highest BCUT2D eigenvalue weighted by atomic mass is 16.6. The van der Waals surface area contributed by atoms with E-state index in [9.17, 15) is 9.59 Å². The molecule has 0 aromatic heterocycles. The van der Waals surface area contributed by atoms with Crippen molar-refractivity contribution >= 4 is 11.9 Å². The van der Waals surface area contributed by atoms with Crippen LogP contribution in [0, 0.1) is 11.8 Å². The van der Waals surface area contributed by atoms with Gasteiger partial charge in [0.2, 0.25) is 0 Å². The van der Waals surface area contributed by atoms with Gasteiger partial charge in [-0.3, -0.25) is 14.6 Å². The lowest BCUT2D eigenvalue weighted by atomic mass is 9.87. The predicted molar refractivity (Wildman–Crippen MR) is 126 cm³/mol. The quantitative estimate of drug-likeness (QED) is 0.480. The highest BCUT2D eigenvalue weighted by Crippen LogP contribution is 2.39. The number of likely N-dealkylation sites (tertiary alicyclic amines) is 2. The van der Waals surface area contributed by atoms with Crippen LogP contribution in [-0.2, 0) is 23.8 Å². The second-order valence-corrected chi connectivity index (χ2v) is 11.2. The van der Waals surface area contributed by atoms with E-state index in [1.165, 1.54) is 0 Å². The number of hydrogen-bond donors (Lipinski definition) is 0. The van der Waals surface area contributed by atoms with Gasteiger partial charge in [-0.25, -0.2) is 4.79 Å². The minimum Gasteiger partial charge on any atom is -0.466 e. The minimum atomic E-state index is -1.19. The molecule has 1 saturated carbocycles. The molecule has 1 unspecified atom stereocenters. The van der Waals surface area contributed by atoms with E-state index in [0.717, 1.165) is 71.2 Å². The highest BCUT2D eigenvalue weighted by molar-refractivity contribution is 5.79. The van der Waals surface area contributed by atoms with Gasteiger partial charge in [-0.2, -0.15) is 0 Å². The molecule has 8 heteroatoms. The predicted octanol–water partition coefficient (Wildman–Crippen LogP) is 2.71. The summed E-state index contributed by atoms with van der Waals surface area (Å²) in [6, 6.07) is 0. The number of carbonyl (C=O) groups excluding carboxylic acids is 2. The van der Waals surface area contributed by atoms with Gasteiger partial charge in [0.15, 0.2) is 0 Å². The van der Waals surface area contributed by atoms with Crippen molar-refractivity contribution in [2.75, 3.05) is 53.4 Å². The van der Waals surface area contributed by atoms with Crippen molar-refractivity contribution < 1.29 is 23.8 Å². The van der Waals surface area contributed by atoms with Gasteiger partial charge in [0, 0.05) is 32.7 Å². The van der Waals surface area contributed by atoms with Crippen molar-refractivity contribution in [3.8, 4) is 0 Å². The Labute approximate surface area is 199 Å². The molecule has 0 radical (unpaired) electrons. The van der Waals surface area contributed by atoms with Gasteiger partial charge in [-0.1, -0.05) is 0 Å². The van der Waals surface area contributed by atoms with E-state index >= 15 is 0 Å². The summed E-state index contributed by atoms with van der Waals surface area (Å²) in [5.74, 6) is -1.15. The first-order chi connectivity index (χ1) is 15.5. The van der Waals surface area contributed by atoms with Crippen LogP contribution >= 0.6 is 0 Å². The van der Waals surface area contributed by atoms with E-state index in [1.54, 1.807) is 0 Å². The third-order valence-corrected chi connectivity index (χ3v) is 6.83. The van der Waals surface area contributed by atoms with Crippen LogP contribution < -0.4 is 0 Å². The Balaban J connectivity index is 1.80. The van der Waals surface area contributed by atoms with E-state index in [0.29, 0.717) is 12.5 Å². The molecule has 0 bridgehead atoms. The topological polar surface area (TPSA) is 71.5 Å². The van der Waals surface area contributed by atoms with Gasteiger partial charge in [0.05, 0.1) is 18.6 Å². The van der Waals surface area contributed by atoms with Gasteiger partial charge in [0.1, 0.15) is 5.60 Å². The Morgan fingerprint density at radius 1 is 0.970 bits per heavy atom. The molecule has 8 nitrogen and oxygen atoms in total. The minimum absolute atomic E-state index is 0.0685. The standard InChI is InChI=1S/C25H45N3O5/c1-7-31-22(29)20-10-12-21(13-11-20)32-25(27-14-8-9-15-27,23(30)33-24(2,3)4)28-17-19(18-28)16-26(5)6/h19-21H,7-18H2,1-6H3/t20-,21-,25?. The molecule has 0 spiro atoms. The zero-order chi connectivity index (χ0) is 24.2. The average Bonchev–Trinajstić information content (AvgIpc) is 3.23. The van der Waals surface area contributed by atoms with Crippen LogP contribution in [0.15, 0.2) is 0 Å².